The molecule has 0 atom stereocenters. The van der Waals surface area contributed by atoms with Crippen molar-refractivity contribution in [1.82, 2.24) is 9.97 Å². The van der Waals surface area contributed by atoms with E-state index in [-0.39, 0.29) is 0 Å². The fourth-order valence-electron chi connectivity index (χ4n) is 3.51. The minimum Gasteiger partial charge on any atom is -0.397 e. The van der Waals surface area contributed by atoms with Crippen LogP contribution in [0.3, 0.4) is 0 Å². The first-order valence-electron chi connectivity index (χ1n) is 10.2. The smallest absolute Gasteiger partial charge is 0.134 e. The third-order valence-electron chi connectivity index (χ3n) is 5.08. The second-order valence-corrected chi connectivity index (χ2v) is 9.52. The molecule has 4 rings (SSSR count). The molecule has 0 spiro atoms. The van der Waals surface area contributed by atoms with Gasteiger partial charge in [0.1, 0.15) is 10.6 Å². The molecule has 0 fully saturated rings. The molecule has 32 heavy (non-hydrogen) atoms. The molecule has 0 saturated carbocycles. The third kappa shape index (κ3) is 4.48. The lowest BCUT2D eigenvalue weighted by molar-refractivity contribution is 0.200. The molecule has 0 aliphatic heterocycles. The van der Waals surface area contributed by atoms with E-state index in [1.807, 2.05) is 24.3 Å². The Bertz CT molecular complexity index is 1240. The summed E-state index contributed by atoms with van der Waals surface area (Å²) < 4.78 is 6.25. The van der Waals surface area contributed by atoms with E-state index in [9.17, 15) is 0 Å². The number of ether oxygens (including phenoxy) is 1. The number of nitrogens with one attached hydrogen (secondary N) is 2. The van der Waals surface area contributed by atoms with Gasteiger partial charge in [0.05, 0.1) is 15.6 Å². The maximum atomic E-state index is 7.73. The first-order valence-corrected chi connectivity index (χ1v) is 12.0. The Hall–Kier alpha value is -2.94. The average Bonchev–Trinajstić information content (AvgIpc) is 3.16. The van der Waals surface area contributed by atoms with Crippen LogP contribution in [0.5, 0.6) is 0 Å². The van der Waals surface area contributed by atoms with Crippen molar-refractivity contribution >= 4 is 51.0 Å². The van der Waals surface area contributed by atoms with Gasteiger partial charge >= 0.3 is 0 Å². The molecule has 0 amide bonds. The van der Waals surface area contributed by atoms with Crippen LogP contribution in [-0.2, 0) is 4.74 Å². The number of pyridine rings is 2. The summed E-state index contributed by atoms with van der Waals surface area (Å²) in [5, 5.41) is 11.7. The molecule has 3 aromatic heterocycles. The number of thioether (sulfide) groups is 1. The van der Waals surface area contributed by atoms with Crippen LogP contribution in [0.2, 0.25) is 0 Å². The summed E-state index contributed by atoms with van der Waals surface area (Å²) in [6.45, 7) is 0.737. The predicted octanol–water partition coefficient (Wildman–Crippen LogP) is 5.78. The minimum absolute atomic E-state index is 0.670. The molecule has 0 saturated heterocycles. The lowest BCUT2D eigenvalue weighted by atomic mass is 10.00. The van der Waals surface area contributed by atoms with Crippen LogP contribution in [-0.4, -0.2) is 42.7 Å². The molecule has 164 valence electrons. The fourth-order valence-corrected chi connectivity index (χ4v) is 5.79. The van der Waals surface area contributed by atoms with Crippen LogP contribution in [0.1, 0.15) is 12.0 Å². The Kier molecular flexibility index (Phi) is 7.04. The van der Waals surface area contributed by atoms with Crippen LogP contribution >= 0.6 is 23.1 Å². The number of anilines is 2. The van der Waals surface area contributed by atoms with Gasteiger partial charge in [0.15, 0.2) is 0 Å². The van der Waals surface area contributed by atoms with Crippen LogP contribution < -0.4 is 11.1 Å². The van der Waals surface area contributed by atoms with Crippen molar-refractivity contribution in [2.24, 2.45) is 0 Å². The van der Waals surface area contributed by atoms with Gasteiger partial charge in [0.2, 0.25) is 0 Å². The zero-order valence-electron chi connectivity index (χ0n) is 18.0. The molecule has 3 heterocycles. The van der Waals surface area contributed by atoms with E-state index in [4.69, 9.17) is 20.9 Å². The molecular weight excluding hydrogens is 438 g/mol. The molecule has 8 heteroatoms. The van der Waals surface area contributed by atoms with Crippen LogP contribution in [0.4, 0.5) is 11.5 Å². The average molecular weight is 464 g/mol. The largest absolute Gasteiger partial charge is 0.397 e. The third-order valence-corrected chi connectivity index (χ3v) is 7.55. The second kappa shape index (κ2) is 10.1. The van der Waals surface area contributed by atoms with Crippen molar-refractivity contribution in [3.63, 3.8) is 0 Å². The number of hydrogen-bond acceptors (Lipinski definition) is 8. The van der Waals surface area contributed by atoms with Crippen molar-refractivity contribution in [1.29, 1.82) is 5.41 Å². The zero-order chi connectivity index (χ0) is 22.5. The highest BCUT2D eigenvalue weighted by Gasteiger charge is 2.18. The van der Waals surface area contributed by atoms with E-state index < -0.39 is 0 Å². The van der Waals surface area contributed by atoms with E-state index in [1.54, 1.807) is 43.5 Å². The van der Waals surface area contributed by atoms with E-state index in [2.05, 4.69) is 28.5 Å². The Morgan fingerprint density at radius 3 is 2.75 bits per heavy atom. The summed E-state index contributed by atoms with van der Waals surface area (Å²) in [5.74, 6) is 1.61. The summed E-state index contributed by atoms with van der Waals surface area (Å²) in [6.07, 6.45) is 4.06. The van der Waals surface area contributed by atoms with Gasteiger partial charge in [-0.1, -0.05) is 30.3 Å². The fraction of sp³-hybridized carbons (Fsp3) is 0.208. The summed E-state index contributed by atoms with van der Waals surface area (Å²) in [6, 6.07) is 14.3. The second-order valence-electron chi connectivity index (χ2n) is 7.16. The van der Waals surface area contributed by atoms with Crippen LogP contribution in [0.15, 0.2) is 52.9 Å². The number of methoxy groups -OCH3 is 1. The Labute approximate surface area is 195 Å². The molecular formula is C24H25N5OS2. The lowest BCUT2D eigenvalue weighted by Gasteiger charge is -2.10. The summed E-state index contributed by atoms with van der Waals surface area (Å²) in [4.78, 5) is 10.3. The number of thiophene rings is 1. The quantitative estimate of drug-likeness (QED) is 0.165. The van der Waals surface area contributed by atoms with Crippen molar-refractivity contribution in [2.45, 2.75) is 10.6 Å². The van der Waals surface area contributed by atoms with Gasteiger partial charge in [0.25, 0.3) is 0 Å². The lowest BCUT2D eigenvalue weighted by Crippen LogP contribution is -1.99. The molecule has 0 unspecified atom stereocenters. The maximum absolute atomic E-state index is 7.73. The molecule has 6 nitrogen and oxygen atoms in total. The number of hydrogen-bond donors (Lipinski definition) is 3. The van der Waals surface area contributed by atoms with Gasteiger partial charge in [-0.05, 0) is 29.7 Å². The van der Waals surface area contributed by atoms with Crippen molar-refractivity contribution < 1.29 is 4.74 Å². The SMILES string of the molecule is CNc1ncc(-c2cc(-c3ccccc3)c3c(N)c(SCCCOC)sc3n2)cc1C=N. The molecule has 0 aliphatic rings. The molecule has 0 radical (unpaired) electrons. The van der Waals surface area contributed by atoms with Gasteiger partial charge in [-0.2, -0.15) is 0 Å². The van der Waals surface area contributed by atoms with Gasteiger partial charge in [-0.3, -0.25) is 0 Å². The van der Waals surface area contributed by atoms with E-state index in [0.29, 0.717) is 11.4 Å². The Morgan fingerprint density at radius 2 is 2.03 bits per heavy atom. The van der Waals surface area contributed by atoms with Crippen molar-refractivity contribution in [2.75, 3.05) is 37.6 Å². The van der Waals surface area contributed by atoms with Gasteiger partial charge in [0, 0.05) is 55.4 Å². The first kappa shape index (κ1) is 22.3. The van der Waals surface area contributed by atoms with Crippen molar-refractivity contribution in [3.8, 4) is 22.4 Å². The molecule has 4 N–H and O–H groups in total. The molecule has 4 aromatic rings. The topological polar surface area (TPSA) is 96.9 Å². The number of nitrogen functional groups attached to an aromatic ring is 1. The molecule has 1 aromatic carbocycles. The first-order chi connectivity index (χ1) is 15.7. The summed E-state index contributed by atoms with van der Waals surface area (Å²) in [5.41, 5.74) is 12.0. The van der Waals surface area contributed by atoms with E-state index in [1.165, 1.54) is 6.21 Å². The van der Waals surface area contributed by atoms with Crippen LogP contribution in [0.25, 0.3) is 32.6 Å². The highest BCUT2D eigenvalue weighted by molar-refractivity contribution is 8.01. The van der Waals surface area contributed by atoms with Crippen molar-refractivity contribution in [3.05, 3.63) is 54.2 Å². The number of fused-ring (bicyclic) bond motifs is 1. The monoisotopic (exact) mass is 463 g/mol. The highest BCUT2D eigenvalue weighted by Crippen LogP contribution is 2.45. The molecule has 0 aliphatic carbocycles. The normalized spacial score (nSPS) is 11.1. The summed E-state index contributed by atoms with van der Waals surface area (Å²) >= 11 is 3.38. The van der Waals surface area contributed by atoms with Gasteiger partial charge in [-0.25, -0.2) is 9.97 Å². The minimum atomic E-state index is 0.670. The zero-order valence-corrected chi connectivity index (χ0v) is 19.6. The predicted molar refractivity (Wildman–Crippen MR) is 137 cm³/mol. The van der Waals surface area contributed by atoms with Gasteiger partial charge in [-0.15, -0.1) is 23.1 Å². The summed E-state index contributed by atoms with van der Waals surface area (Å²) in [7, 11) is 3.52. The van der Waals surface area contributed by atoms with E-state index >= 15 is 0 Å². The number of aromatic nitrogens is 2. The van der Waals surface area contributed by atoms with E-state index in [0.717, 1.165) is 61.3 Å². The number of nitrogens with two attached hydrogens (primary N) is 1. The number of rotatable bonds is 9. The Morgan fingerprint density at radius 1 is 1.22 bits per heavy atom. The highest BCUT2D eigenvalue weighted by atomic mass is 32.2. The number of benzene rings is 1. The van der Waals surface area contributed by atoms with Gasteiger partial charge < -0.3 is 21.2 Å². The van der Waals surface area contributed by atoms with Crippen LogP contribution in [0, 0.1) is 5.41 Å². The molecule has 0 bridgehead atoms. The number of nitrogens with zero attached hydrogens (tertiary/aromatic N) is 2. The maximum Gasteiger partial charge on any atom is 0.134 e. The standard InChI is InChI=1S/C24H25N5OS2/c1-27-22-16(13-25)11-17(14-28-22)19-12-18(15-7-4-3-5-8-15)20-21(26)24(32-23(20)29-19)31-10-6-9-30-2/h3-5,7-8,11-14,25H,6,9-10,26H2,1-2H3,(H,27,28). The Balaban J connectivity index is 1.86.